The van der Waals surface area contributed by atoms with E-state index in [0.717, 1.165) is 29.9 Å². The minimum absolute atomic E-state index is 0.00707. The maximum atomic E-state index is 14.4. The monoisotopic (exact) mass is 561 g/mol. The number of hydrogen-bond acceptors (Lipinski definition) is 7. The van der Waals surface area contributed by atoms with Crippen molar-refractivity contribution >= 4 is 27.7 Å². The number of carbonyl (C=O) groups excluding carboxylic acids is 1. The summed E-state index contributed by atoms with van der Waals surface area (Å²) in [5.74, 6) is 0.228. The van der Waals surface area contributed by atoms with Gasteiger partial charge in [0.15, 0.2) is 0 Å². The van der Waals surface area contributed by atoms with E-state index < -0.39 is 12.0 Å². The van der Waals surface area contributed by atoms with Crippen LogP contribution in [0.4, 0.5) is 10.2 Å². The van der Waals surface area contributed by atoms with E-state index in [1.54, 1.807) is 6.07 Å². The summed E-state index contributed by atoms with van der Waals surface area (Å²) >= 11 is 3.22. The SMILES string of the molecule is C[C@@H]1C[C@H](O)c2ncnc(N3CCN(C(=O)[C@H](CNC4CCOCC4)c4ccc(Br)c(F)c4)CC3)c21. The molecule has 1 aromatic heterocycles. The van der Waals surface area contributed by atoms with Crippen molar-refractivity contribution in [2.75, 3.05) is 50.8 Å². The van der Waals surface area contributed by atoms with Crippen molar-refractivity contribution in [3.63, 3.8) is 0 Å². The molecule has 8 nitrogen and oxygen atoms in total. The molecule has 2 saturated heterocycles. The Labute approximate surface area is 219 Å². The Hall–Kier alpha value is -2.14. The molecule has 3 aliphatic rings. The van der Waals surface area contributed by atoms with E-state index in [0.29, 0.717) is 68.4 Å². The summed E-state index contributed by atoms with van der Waals surface area (Å²) < 4.78 is 20.2. The maximum Gasteiger partial charge on any atom is 0.231 e. The van der Waals surface area contributed by atoms with Gasteiger partial charge < -0.3 is 25.0 Å². The third-order valence-corrected chi connectivity index (χ3v) is 8.29. The Kier molecular flexibility index (Phi) is 7.85. The van der Waals surface area contributed by atoms with E-state index in [9.17, 15) is 14.3 Å². The minimum atomic E-state index is -0.546. The van der Waals surface area contributed by atoms with E-state index >= 15 is 0 Å². The lowest BCUT2D eigenvalue weighted by atomic mass is 9.95. The molecule has 0 saturated carbocycles. The van der Waals surface area contributed by atoms with Gasteiger partial charge in [-0.05, 0) is 58.8 Å². The van der Waals surface area contributed by atoms with Gasteiger partial charge in [-0.1, -0.05) is 13.0 Å². The topological polar surface area (TPSA) is 90.8 Å². The molecule has 5 rings (SSSR count). The molecule has 2 aromatic rings. The quantitative estimate of drug-likeness (QED) is 0.560. The van der Waals surface area contributed by atoms with Gasteiger partial charge in [0.25, 0.3) is 0 Å². The average molecular weight is 562 g/mol. The average Bonchev–Trinajstić information content (AvgIpc) is 3.20. The second kappa shape index (κ2) is 11.1. The van der Waals surface area contributed by atoms with Crippen LogP contribution in [0.25, 0.3) is 0 Å². The summed E-state index contributed by atoms with van der Waals surface area (Å²) in [6.07, 6.45) is 3.45. The summed E-state index contributed by atoms with van der Waals surface area (Å²) in [6, 6.07) is 5.26. The molecule has 0 unspecified atom stereocenters. The van der Waals surface area contributed by atoms with Gasteiger partial charge in [0.05, 0.1) is 22.2 Å². The second-order valence-electron chi connectivity index (χ2n) is 9.98. The Morgan fingerprint density at radius 3 is 2.72 bits per heavy atom. The highest BCUT2D eigenvalue weighted by Gasteiger charge is 2.35. The van der Waals surface area contributed by atoms with Gasteiger partial charge in [-0.3, -0.25) is 4.79 Å². The molecule has 2 aliphatic heterocycles. The molecule has 36 heavy (non-hydrogen) atoms. The molecule has 3 atom stereocenters. The van der Waals surface area contributed by atoms with Gasteiger partial charge in [-0.2, -0.15) is 0 Å². The van der Waals surface area contributed by atoms with Gasteiger partial charge in [0, 0.05) is 57.5 Å². The van der Waals surface area contributed by atoms with Crippen molar-refractivity contribution < 1.29 is 19.0 Å². The Morgan fingerprint density at radius 1 is 1.25 bits per heavy atom. The number of benzene rings is 1. The predicted molar refractivity (Wildman–Crippen MR) is 138 cm³/mol. The molecule has 0 bridgehead atoms. The Balaban J connectivity index is 1.29. The number of fused-ring (bicyclic) bond motifs is 1. The van der Waals surface area contributed by atoms with Crippen LogP contribution in [0.3, 0.4) is 0 Å². The molecule has 1 aromatic carbocycles. The van der Waals surface area contributed by atoms with E-state index in [1.807, 2.05) is 11.0 Å². The van der Waals surface area contributed by atoms with Gasteiger partial charge in [0.1, 0.15) is 18.0 Å². The van der Waals surface area contributed by atoms with Gasteiger partial charge in [0.2, 0.25) is 5.91 Å². The van der Waals surface area contributed by atoms with E-state index in [2.05, 4.69) is 43.0 Å². The number of nitrogens with one attached hydrogen (secondary N) is 1. The molecule has 2 N–H and O–H groups in total. The van der Waals surface area contributed by atoms with Crippen LogP contribution in [0.5, 0.6) is 0 Å². The van der Waals surface area contributed by atoms with Crippen LogP contribution in [-0.4, -0.2) is 77.9 Å². The normalized spacial score (nSPS) is 23.6. The van der Waals surface area contributed by atoms with Crippen LogP contribution < -0.4 is 10.2 Å². The summed E-state index contributed by atoms with van der Waals surface area (Å²) in [7, 11) is 0. The fourth-order valence-corrected chi connectivity index (χ4v) is 5.82. The van der Waals surface area contributed by atoms with Crippen LogP contribution in [0.1, 0.15) is 60.9 Å². The third-order valence-electron chi connectivity index (χ3n) is 7.65. The molecule has 1 amide bonds. The highest BCUT2D eigenvalue weighted by atomic mass is 79.9. The van der Waals surface area contributed by atoms with Crippen molar-refractivity contribution in [2.24, 2.45) is 0 Å². The van der Waals surface area contributed by atoms with Crippen molar-refractivity contribution in [3.8, 4) is 0 Å². The van der Waals surface area contributed by atoms with Crippen LogP contribution >= 0.6 is 15.9 Å². The van der Waals surface area contributed by atoms with E-state index in [1.165, 1.54) is 12.4 Å². The number of amides is 1. The maximum absolute atomic E-state index is 14.4. The number of carbonyl (C=O) groups is 1. The van der Waals surface area contributed by atoms with Crippen LogP contribution in [0.2, 0.25) is 0 Å². The number of aromatic nitrogens is 2. The van der Waals surface area contributed by atoms with E-state index in [-0.39, 0.29) is 17.6 Å². The number of piperazine rings is 1. The summed E-state index contributed by atoms with van der Waals surface area (Å²) in [5, 5.41) is 13.9. The first kappa shape index (κ1) is 25.5. The van der Waals surface area contributed by atoms with Crippen molar-refractivity contribution in [1.29, 1.82) is 0 Å². The predicted octanol–water partition coefficient (Wildman–Crippen LogP) is 3.12. The Bertz CT molecular complexity index is 1090. The first-order valence-corrected chi connectivity index (χ1v) is 13.5. The lowest BCUT2D eigenvalue weighted by Gasteiger charge is -2.38. The zero-order chi connectivity index (χ0) is 25.2. The highest BCUT2D eigenvalue weighted by Crippen LogP contribution is 2.42. The summed E-state index contributed by atoms with van der Waals surface area (Å²) in [6.45, 7) is 6.39. The van der Waals surface area contributed by atoms with Crippen molar-refractivity contribution in [2.45, 2.75) is 50.2 Å². The number of ether oxygens (including phenoxy) is 1. The smallest absolute Gasteiger partial charge is 0.231 e. The first-order valence-electron chi connectivity index (χ1n) is 12.7. The fourth-order valence-electron chi connectivity index (χ4n) is 5.58. The van der Waals surface area contributed by atoms with Crippen molar-refractivity contribution in [3.05, 3.63) is 51.6 Å². The van der Waals surface area contributed by atoms with Crippen LogP contribution in [0.15, 0.2) is 29.0 Å². The minimum Gasteiger partial charge on any atom is -0.387 e. The second-order valence-corrected chi connectivity index (χ2v) is 10.8. The molecule has 10 heteroatoms. The number of halogens is 2. The fraction of sp³-hybridized carbons (Fsp3) is 0.577. The number of anilines is 1. The lowest BCUT2D eigenvalue weighted by molar-refractivity contribution is -0.133. The largest absolute Gasteiger partial charge is 0.387 e. The number of aliphatic hydroxyl groups excluding tert-OH is 1. The van der Waals surface area contributed by atoms with Gasteiger partial charge in [-0.15, -0.1) is 0 Å². The molecule has 0 radical (unpaired) electrons. The lowest BCUT2D eigenvalue weighted by Crippen LogP contribution is -2.52. The Morgan fingerprint density at radius 2 is 2.00 bits per heavy atom. The number of rotatable bonds is 6. The number of nitrogens with zero attached hydrogens (tertiary/aromatic N) is 4. The third kappa shape index (κ3) is 5.27. The van der Waals surface area contributed by atoms with Gasteiger partial charge in [-0.25, -0.2) is 14.4 Å². The zero-order valence-corrected chi connectivity index (χ0v) is 22.1. The first-order chi connectivity index (χ1) is 17.4. The van der Waals surface area contributed by atoms with Crippen molar-refractivity contribution in [1.82, 2.24) is 20.2 Å². The number of hydrogen-bond donors (Lipinski definition) is 2. The molecule has 3 heterocycles. The molecule has 1 aliphatic carbocycles. The standard InChI is InChI=1S/C26H33BrFN5O3/c1-16-12-22(34)24-23(16)25(31-15-30-24)32-6-8-33(9-7-32)26(35)19(14-29-18-4-10-36-11-5-18)17-2-3-20(27)21(28)13-17/h2-3,13,15-16,18-19,22,29,34H,4-12,14H2,1H3/t16-,19-,22+/m1/s1. The van der Waals surface area contributed by atoms with Crippen LogP contribution in [0, 0.1) is 5.82 Å². The zero-order valence-electron chi connectivity index (χ0n) is 20.5. The molecule has 2 fully saturated rings. The molecule has 0 spiro atoms. The molecular formula is C26H33BrFN5O3. The highest BCUT2D eigenvalue weighted by molar-refractivity contribution is 9.10. The molecular weight excluding hydrogens is 529 g/mol. The summed E-state index contributed by atoms with van der Waals surface area (Å²) in [5.41, 5.74) is 2.43. The summed E-state index contributed by atoms with van der Waals surface area (Å²) in [4.78, 5) is 26.7. The van der Waals surface area contributed by atoms with Gasteiger partial charge >= 0.3 is 0 Å². The molecule has 194 valence electrons. The number of aliphatic hydroxyl groups is 1. The van der Waals surface area contributed by atoms with Crippen LogP contribution in [-0.2, 0) is 9.53 Å². The van der Waals surface area contributed by atoms with E-state index in [4.69, 9.17) is 4.74 Å².